The Kier molecular flexibility index (Phi) is 3.86. The molecule has 0 saturated carbocycles. The molecule has 0 aliphatic heterocycles. The lowest BCUT2D eigenvalue weighted by atomic mass is 9.90. The molecule has 0 amide bonds. The van der Waals surface area contributed by atoms with Crippen LogP contribution in [0.3, 0.4) is 0 Å². The standard InChI is InChI=1S/C17H21NO3/c1-2-21-16(20)9-11-5-3-4-6-14-17(11)13-8-7-12(19)10-15(13)18-14/h7-8,10-11,18-19H,2-6,9H2,1H3. The zero-order chi connectivity index (χ0) is 14.8. The van der Waals surface area contributed by atoms with Crippen LogP contribution >= 0.6 is 0 Å². The van der Waals surface area contributed by atoms with Gasteiger partial charge < -0.3 is 14.8 Å². The van der Waals surface area contributed by atoms with E-state index in [2.05, 4.69) is 4.98 Å². The fourth-order valence-electron chi connectivity index (χ4n) is 3.39. The van der Waals surface area contributed by atoms with Crippen LogP contribution in [0.2, 0.25) is 0 Å². The number of hydrogen-bond acceptors (Lipinski definition) is 3. The first kappa shape index (κ1) is 14.0. The summed E-state index contributed by atoms with van der Waals surface area (Å²) in [6, 6.07) is 5.41. The smallest absolute Gasteiger partial charge is 0.306 e. The number of aromatic nitrogens is 1. The van der Waals surface area contributed by atoms with Gasteiger partial charge in [0, 0.05) is 22.7 Å². The molecule has 4 heteroatoms. The normalized spacial score (nSPS) is 18.2. The fraction of sp³-hybridized carbons (Fsp3) is 0.471. The van der Waals surface area contributed by atoms with Gasteiger partial charge in [-0.3, -0.25) is 4.79 Å². The van der Waals surface area contributed by atoms with Crippen LogP contribution in [0.1, 0.15) is 49.8 Å². The molecule has 1 unspecified atom stereocenters. The van der Waals surface area contributed by atoms with Gasteiger partial charge in [0.2, 0.25) is 0 Å². The van der Waals surface area contributed by atoms with Gasteiger partial charge in [-0.05, 0) is 49.8 Å². The first-order valence-electron chi connectivity index (χ1n) is 7.68. The Morgan fingerprint density at radius 2 is 2.29 bits per heavy atom. The van der Waals surface area contributed by atoms with E-state index in [1.807, 2.05) is 13.0 Å². The van der Waals surface area contributed by atoms with E-state index in [-0.39, 0.29) is 17.6 Å². The quantitative estimate of drug-likeness (QED) is 0.669. The molecule has 1 aliphatic rings. The summed E-state index contributed by atoms with van der Waals surface area (Å²) < 4.78 is 5.12. The van der Waals surface area contributed by atoms with Crippen LogP contribution in [0.15, 0.2) is 18.2 Å². The number of carbonyl (C=O) groups excluding carboxylic acids is 1. The van der Waals surface area contributed by atoms with E-state index >= 15 is 0 Å². The van der Waals surface area contributed by atoms with Crippen molar-refractivity contribution < 1.29 is 14.6 Å². The number of nitrogens with one attached hydrogen (secondary N) is 1. The highest BCUT2D eigenvalue weighted by Gasteiger charge is 2.25. The van der Waals surface area contributed by atoms with Gasteiger partial charge in [0.25, 0.3) is 0 Å². The number of aromatic amines is 1. The predicted molar refractivity (Wildman–Crippen MR) is 81.5 cm³/mol. The van der Waals surface area contributed by atoms with Crippen molar-refractivity contribution in [3.63, 3.8) is 0 Å². The minimum atomic E-state index is -0.122. The number of aromatic hydroxyl groups is 1. The molecule has 4 nitrogen and oxygen atoms in total. The van der Waals surface area contributed by atoms with Gasteiger partial charge in [-0.15, -0.1) is 0 Å². The molecule has 112 valence electrons. The van der Waals surface area contributed by atoms with Crippen LogP contribution in [-0.4, -0.2) is 22.7 Å². The van der Waals surface area contributed by atoms with Crippen LogP contribution in [0.4, 0.5) is 0 Å². The summed E-state index contributed by atoms with van der Waals surface area (Å²) >= 11 is 0. The lowest BCUT2D eigenvalue weighted by molar-refractivity contribution is -0.143. The van der Waals surface area contributed by atoms with E-state index < -0.39 is 0 Å². The minimum absolute atomic E-state index is 0.122. The van der Waals surface area contributed by atoms with Crippen LogP contribution in [0, 0.1) is 0 Å². The summed E-state index contributed by atoms with van der Waals surface area (Å²) in [6.07, 6.45) is 4.72. The molecule has 0 fully saturated rings. The molecule has 3 rings (SSSR count). The average Bonchev–Trinajstić information content (AvgIpc) is 2.68. The lowest BCUT2D eigenvalue weighted by Gasteiger charge is -2.15. The summed E-state index contributed by atoms with van der Waals surface area (Å²) in [7, 11) is 0. The zero-order valence-electron chi connectivity index (χ0n) is 12.3. The Hall–Kier alpha value is -1.97. The molecule has 0 bridgehead atoms. The Labute approximate surface area is 124 Å². The molecule has 2 N–H and O–H groups in total. The summed E-state index contributed by atoms with van der Waals surface area (Å²) in [4.78, 5) is 15.3. The third kappa shape index (κ3) is 2.75. The van der Waals surface area contributed by atoms with Crippen molar-refractivity contribution in [1.29, 1.82) is 0 Å². The highest BCUT2D eigenvalue weighted by molar-refractivity contribution is 5.87. The maximum Gasteiger partial charge on any atom is 0.306 e. The predicted octanol–water partition coefficient (Wildman–Crippen LogP) is 3.64. The number of benzene rings is 1. The first-order valence-corrected chi connectivity index (χ1v) is 7.68. The molecule has 0 saturated heterocycles. The third-order valence-electron chi connectivity index (χ3n) is 4.26. The molecule has 0 spiro atoms. The highest BCUT2D eigenvalue weighted by atomic mass is 16.5. The molecule has 1 aromatic heterocycles. The molecule has 21 heavy (non-hydrogen) atoms. The molecule has 2 aromatic rings. The average molecular weight is 287 g/mol. The van der Waals surface area contributed by atoms with Gasteiger partial charge in [0.05, 0.1) is 13.0 Å². The first-order chi connectivity index (χ1) is 10.2. The monoisotopic (exact) mass is 287 g/mol. The van der Waals surface area contributed by atoms with Gasteiger partial charge in [-0.1, -0.05) is 6.42 Å². The van der Waals surface area contributed by atoms with Crippen molar-refractivity contribution in [1.82, 2.24) is 4.98 Å². The summed E-state index contributed by atoms with van der Waals surface area (Å²) in [6.45, 7) is 2.27. The number of ether oxygens (including phenoxy) is 1. The van der Waals surface area contributed by atoms with Crippen molar-refractivity contribution in [2.45, 2.75) is 44.9 Å². The molecule has 1 heterocycles. The second-order valence-corrected chi connectivity index (χ2v) is 5.70. The van der Waals surface area contributed by atoms with Crippen LogP contribution in [0.5, 0.6) is 5.75 Å². The number of phenols is 1. The summed E-state index contributed by atoms with van der Waals surface area (Å²) in [5, 5.41) is 10.8. The number of rotatable bonds is 3. The molecule has 0 radical (unpaired) electrons. The van der Waals surface area contributed by atoms with Gasteiger partial charge in [0.1, 0.15) is 5.75 Å². The largest absolute Gasteiger partial charge is 0.508 e. The number of fused-ring (bicyclic) bond motifs is 3. The van der Waals surface area contributed by atoms with Gasteiger partial charge in [-0.2, -0.15) is 0 Å². The Bertz CT molecular complexity index is 659. The van der Waals surface area contributed by atoms with Crippen LogP contribution in [-0.2, 0) is 16.0 Å². The van der Waals surface area contributed by atoms with E-state index in [9.17, 15) is 9.90 Å². The Morgan fingerprint density at radius 3 is 3.10 bits per heavy atom. The number of carbonyl (C=O) groups is 1. The van der Waals surface area contributed by atoms with E-state index in [0.717, 1.165) is 36.6 Å². The molecule has 1 aliphatic carbocycles. The minimum Gasteiger partial charge on any atom is -0.508 e. The zero-order valence-corrected chi connectivity index (χ0v) is 12.3. The second kappa shape index (κ2) is 5.80. The van der Waals surface area contributed by atoms with Gasteiger partial charge in [0.15, 0.2) is 0 Å². The summed E-state index contributed by atoms with van der Waals surface area (Å²) in [5.74, 6) is 0.351. The maximum atomic E-state index is 11.9. The number of aryl methyl sites for hydroxylation is 1. The van der Waals surface area contributed by atoms with Crippen molar-refractivity contribution in [2.75, 3.05) is 6.61 Å². The fourth-order valence-corrected chi connectivity index (χ4v) is 3.39. The van der Waals surface area contributed by atoms with Gasteiger partial charge in [-0.25, -0.2) is 0 Å². The molecular formula is C17H21NO3. The topological polar surface area (TPSA) is 62.3 Å². The van der Waals surface area contributed by atoms with Crippen molar-refractivity contribution in [2.24, 2.45) is 0 Å². The van der Waals surface area contributed by atoms with Gasteiger partial charge >= 0.3 is 5.97 Å². The third-order valence-corrected chi connectivity index (χ3v) is 4.26. The van der Waals surface area contributed by atoms with E-state index in [1.165, 1.54) is 11.3 Å². The molecule has 1 atom stereocenters. The Balaban J connectivity index is 2.01. The SMILES string of the molecule is CCOC(=O)CC1CCCCc2[nH]c3cc(O)ccc3c21. The number of esters is 1. The van der Waals surface area contributed by atoms with Crippen molar-refractivity contribution >= 4 is 16.9 Å². The number of H-pyrrole nitrogens is 1. The van der Waals surface area contributed by atoms with Crippen LogP contribution < -0.4 is 0 Å². The molecular weight excluding hydrogens is 266 g/mol. The lowest BCUT2D eigenvalue weighted by Crippen LogP contribution is -2.10. The number of phenolic OH excluding ortho intramolecular Hbond substituents is 1. The van der Waals surface area contributed by atoms with Crippen molar-refractivity contribution in [3.8, 4) is 5.75 Å². The summed E-state index contributed by atoms with van der Waals surface area (Å²) in [5.41, 5.74) is 3.41. The maximum absolute atomic E-state index is 11.9. The second-order valence-electron chi connectivity index (χ2n) is 5.70. The molecule has 1 aromatic carbocycles. The Morgan fingerprint density at radius 1 is 1.43 bits per heavy atom. The van der Waals surface area contributed by atoms with E-state index in [0.29, 0.717) is 13.0 Å². The van der Waals surface area contributed by atoms with E-state index in [4.69, 9.17) is 4.74 Å². The highest BCUT2D eigenvalue weighted by Crippen LogP contribution is 2.38. The van der Waals surface area contributed by atoms with Crippen LogP contribution in [0.25, 0.3) is 10.9 Å². The van der Waals surface area contributed by atoms with E-state index in [1.54, 1.807) is 12.1 Å². The van der Waals surface area contributed by atoms with Crippen molar-refractivity contribution in [3.05, 3.63) is 29.5 Å². The number of hydrogen-bond donors (Lipinski definition) is 2.